The molecule has 0 aliphatic heterocycles. The Morgan fingerprint density at radius 2 is 1.85 bits per heavy atom. The molecule has 8 heteroatoms. The number of aromatic amines is 1. The van der Waals surface area contributed by atoms with Crippen molar-refractivity contribution in [3.8, 4) is 0 Å². The van der Waals surface area contributed by atoms with E-state index in [0.717, 1.165) is 11.8 Å². The van der Waals surface area contributed by atoms with Crippen molar-refractivity contribution in [2.75, 3.05) is 10.6 Å². The average Bonchev–Trinajstić information content (AvgIpc) is 3.37. The van der Waals surface area contributed by atoms with Gasteiger partial charge in [0.2, 0.25) is 0 Å². The standard InChI is InChI=1S/C18H18F2N6/c1-10(12-4-5-13(19)14(20)6-12)23-16-8-17(22-9-21-16)24-18-7-15(25-26-18)11-2-3-11/h4-11H,2-3H2,1H3,(H3,21,22,23,24,25,26). The van der Waals surface area contributed by atoms with Gasteiger partial charge in [0, 0.05) is 23.7 Å². The Morgan fingerprint density at radius 1 is 1.04 bits per heavy atom. The molecule has 4 rings (SSSR count). The van der Waals surface area contributed by atoms with Crippen molar-refractivity contribution in [3.05, 3.63) is 59.6 Å². The Hall–Kier alpha value is -3.03. The topological polar surface area (TPSA) is 78.5 Å². The predicted octanol–water partition coefficient (Wildman–Crippen LogP) is 4.27. The summed E-state index contributed by atoms with van der Waals surface area (Å²) in [5.41, 5.74) is 1.75. The highest BCUT2D eigenvalue weighted by molar-refractivity contribution is 5.56. The summed E-state index contributed by atoms with van der Waals surface area (Å²) in [6, 6.07) is 7.30. The van der Waals surface area contributed by atoms with Crippen molar-refractivity contribution < 1.29 is 8.78 Å². The van der Waals surface area contributed by atoms with Gasteiger partial charge >= 0.3 is 0 Å². The highest BCUT2D eigenvalue weighted by Gasteiger charge is 2.25. The van der Waals surface area contributed by atoms with Crippen molar-refractivity contribution in [2.24, 2.45) is 0 Å². The Kier molecular flexibility index (Phi) is 4.24. The normalized spacial score (nSPS) is 14.9. The van der Waals surface area contributed by atoms with E-state index in [1.165, 1.54) is 25.2 Å². The smallest absolute Gasteiger partial charge is 0.159 e. The molecule has 134 valence electrons. The van der Waals surface area contributed by atoms with Gasteiger partial charge in [-0.2, -0.15) is 5.10 Å². The first-order valence-corrected chi connectivity index (χ1v) is 8.44. The molecule has 0 spiro atoms. The highest BCUT2D eigenvalue weighted by Crippen LogP contribution is 2.39. The molecule has 1 aliphatic carbocycles. The summed E-state index contributed by atoms with van der Waals surface area (Å²) in [6.45, 7) is 1.84. The lowest BCUT2D eigenvalue weighted by Crippen LogP contribution is -2.09. The van der Waals surface area contributed by atoms with Crippen LogP contribution in [-0.4, -0.2) is 20.2 Å². The molecule has 1 unspecified atom stereocenters. The molecule has 1 atom stereocenters. The minimum atomic E-state index is -0.869. The van der Waals surface area contributed by atoms with E-state index >= 15 is 0 Å². The fraction of sp³-hybridized carbons (Fsp3) is 0.278. The number of benzene rings is 1. The van der Waals surface area contributed by atoms with Crippen LogP contribution < -0.4 is 10.6 Å². The Balaban J connectivity index is 1.45. The number of aromatic nitrogens is 4. The second-order valence-corrected chi connectivity index (χ2v) is 6.44. The first-order chi connectivity index (χ1) is 12.6. The first kappa shape index (κ1) is 16.4. The largest absolute Gasteiger partial charge is 0.363 e. The van der Waals surface area contributed by atoms with E-state index in [2.05, 4.69) is 30.8 Å². The molecule has 1 aliphatic rings. The summed E-state index contributed by atoms with van der Waals surface area (Å²) in [5.74, 6) is 0.722. The van der Waals surface area contributed by atoms with Crippen molar-refractivity contribution in [1.29, 1.82) is 0 Å². The van der Waals surface area contributed by atoms with Gasteiger partial charge in [0.25, 0.3) is 0 Å². The maximum Gasteiger partial charge on any atom is 0.159 e. The number of halogens is 2. The number of H-pyrrole nitrogens is 1. The lowest BCUT2D eigenvalue weighted by atomic mass is 10.1. The molecule has 1 saturated carbocycles. The van der Waals surface area contributed by atoms with Gasteiger partial charge in [-0.1, -0.05) is 6.07 Å². The van der Waals surface area contributed by atoms with Crippen LogP contribution in [0.2, 0.25) is 0 Å². The predicted molar refractivity (Wildman–Crippen MR) is 94.3 cm³/mol. The van der Waals surface area contributed by atoms with Gasteiger partial charge in [0.15, 0.2) is 17.5 Å². The van der Waals surface area contributed by atoms with Crippen LogP contribution >= 0.6 is 0 Å². The highest BCUT2D eigenvalue weighted by atomic mass is 19.2. The van der Waals surface area contributed by atoms with E-state index in [1.54, 1.807) is 12.1 Å². The molecule has 0 saturated heterocycles. The summed E-state index contributed by atoms with van der Waals surface area (Å²) < 4.78 is 26.5. The number of rotatable bonds is 6. The zero-order valence-corrected chi connectivity index (χ0v) is 14.1. The van der Waals surface area contributed by atoms with Crippen molar-refractivity contribution >= 4 is 17.5 Å². The third kappa shape index (κ3) is 3.63. The zero-order valence-electron chi connectivity index (χ0n) is 14.1. The van der Waals surface area contributed by atoms with E-state index in [1.807, 2.05) is 13.0 Å². The van der Waals surface area contributed by atoms with E-state index in [9.17, 15) is 8.78 Å². The molecule has 6 nitrogen and oxygen atoms in total. The van der Waals surface area contributed by atoms with Crippen molar-refractivity contribution in [2.45, 2.75) is 31.7 Å². The molecule has 0 amide bonds. The SMILES string of the molecule is CC(Nc1cc(Nc2cc(C3CC3)[nH]n2)ncn1)c1ccc(F)c(F)c1. The number of nitrogens with zero attached hydrogens (tertiary/aromatic N) is 3. The van der Waals surface area contributed by atoms with E-state index in [-0.39, 0.29) is 6.04 Å². The van der Waals surface area contributed by atoms with Crippen LogP contribution in [0.1, 0.15) is 43.0 Å². The average molecular weight is 356 g/mol. The minimum Gasteiger partial charge on any atom is -0.363 e. The number of nitrogens with one attached hydrogen (secondary N) is 3. The van der Waals surface area contributed by atoms with E-state index in [4.69, 9.17) is 0 Å². The molecule has 3 aromatic rings. The molecule has 1 aromatic carbocycles. The lowest BCUT2D eigenvalue weighted by molar-refractivity contribution is 0.506. The molecule has 0 bridgehead atoms. The van der Waals surface area contributed by atoms with Crippen LogP contribution in [0.3, 0.4) is 0 Å². The molecule has 3 N–H and O–H groups in total. The van der Waals surface area contributed by atoms with Gasteiger partial charge < -0.3 is 10.6 Å². The van der Waals surface area contributed by atoms with Crippen LogP contribution in [0.5, 0.6) is 0 Å². The molecule has 26 heavy (non-hydrogen) atoms. The van der Waals surface area contributed by atoms with Gasteiger partial charge in [0.05, 0.1) is 6.04 Å². The van der Waals surface area contributed by atoms with Crippen LogP contribution in [0.25, 0.3) is 0 Å². The fourth-order valence-electron chi connectivity index (χ4n) is 2.73. The number of hydrogen-bond acceptors (Lipinski definition) is 5. The number of hydrogen-bond donors (Lipinski definition) is 3. The Morgan fingerprint density at radius 3 is 2.62 bits per heavy atom. The quantitative estimate of drug-likeness (QED) is 0.615. The van der Waals surface area contributed by atoms with Gasteiger partial charge in [-0.15, -0.1) is 0 Å². The molecule has 2 aromatic heterocycles. The van der Waals surface area contributed by atoms with Crippen LogP contribution in [0.4, 0.5) is 26.2 Å². The molecule has 1 fully saturated rings. The van der Waals surface area contributed by atoms with Crippen molar-refractivity contribution in [1.82, 2.24) is 20.2 Å². The summed E-state index contributed by atoms with van der Waals surface area (Å²) in [5, 5.41) is 13.6. The number of anilines is 3. The molecule has 0 radical (unpaired) electrons. The fourth-order valence-corrected chi connectivity index (χ4v) is 2.73. The summed E-state index contributed by atoms with van der Waals surface area (Å²) >= 11 is 0. The third-order valence-corrected chi connectivity index (χ3v) is 4.35. The van der Waals surface area contributed by atoms with Crippen LogP contribution in [-0.2, 0) is 0 Å². The third-order valence-electron chi connectivity index (χ3n) is 4.35. The van der Waals surface area contributed by atoms with Crippen molar-refractivity contribution in [3.63, 3.8) is 0 Å². The maximum absolute atomic E-state index is 13.4. The second-order valence-electron chi connectivity index (χ2n) is 6.44. The monoisotopic (exact) mass is 356 g/mol. The molecule has 2 heterocycles. The second kappa shape index (κ2) is 6.70. The first-order valence-electron chi connectivity index (χ1n) is 8.44. The van der Waals surface area contributed by atoms with E-state index in [0.29, 0.717) is 28.9 Å². The summed E-state index contributed by atoms with van der Waals surface area (Å²) in [6.07, 6.45) is 3.83. The van der Waals surface area contributed by atoms with Crippen LogP contribution in [0.15, 0.2) is 36.7 Å². The Labute approximate surface area is 149 Å². The molecular weight excluding hydrogens is 338 g/mol. The summed E-state index contributed by atoms with van der Waals surface area (Å²) in [7, 11) is 0. The lowest BCUT2D eigenvalue weighted by Gasteiger charge is -2.15. The van der Waals surface area contributed by atoms with Gasteiger partial charge in [0.1, 0.15) is 18.0 Å². The maximum atomic E-state index is 13.4. The summed E-state index contributed by atoms with van der Waals surface area (Å²) in [4.78, 5) is 8.36. The van der Waals surface area contributed by atoms with E-state index < -0.39 is 11.6 Å². The van der Waals surface area contributed by atoms with Crippen LogP contribution in [0, 0.1) is 11.6 Å². The van der Waals surface area contributed by atoms with Gasteiger partial charge in [-0.25, -0.2) is 18.7 Å². The van der Waals surface area contributed by atoms with Gasteiger partial charge in [-0.3, -0.25) is 5.10 Å². The minimum absolute atomic E-state index is 0.250. The Bertz CT molecular complexity index is 922. The zero-order chi connectivity index (χ0) is 18.1. The van der Waals surface area contributed by atoms with Gasteiger partial charge in [-0.05, 0) is 37.5 Å². The molecular formula is C18H18F2N6.